The number of hydrogen-bond acceptors (Lipinski definition) is 2. The van der Waals surface area contributed by atoms with Gasteiger partial charge in [-0.2, -0.15) is 13.2 Å². The summed E-state index contributed by atoms with van der Waals surface area (Å²) in [6, 6.07) is -2.15. The van der Waals surface area contributed by atoms with Crippen molar-refractivity contribution in [2.45, 2.75) is 46.8 Å². The summed E-state index contributed by atoms with van der Waals surface area (Å²) >= 11 is 0. The van der Waals surface area contributed by atoms with E-state index in [1.165, 1.54) is 0 Å². The van der Waals surface area contributed by atoms with Gasteiger partial charge in [0.2, 0.25) is 5.91 Å². The second-order valence-electron chi connectivity index (χ2n) is 1.98. The van der Waals surface area contributed by atoms with E-state index in [2.05, 4.69) is 0 Å². The van der Waals surface area contributed by atoms with Crippen LogP contribution in [0.5, 0.6) is 0 Å². The number of aliphatic hydroxyl groups excluding tert-OH is 1. The Morgan fingerprint density at radius 3 is 1.67 bits per heavy atom. The van der Waals surface area contributed by atoms with E-state index in [0.29, 0.717) is 0 Å². The van der Waals surface area contributed by atoms with E-state index in [-0.39, 0.29) is 0 Å². The number of carbonyl (C=O) groups excluding carboxylic acids is 1. The normalized spacial score (nSPS) is 11.3. The summed E-state index contributed by atoms with van der Waals surface area (Å²) in [5.41, 5.74) is 0. The average Bonchev–Trinajstić information content (AvgIpc) is 2.18. The van der Waals surface area contributed by atoms with E-state index in [9.17, 15) is 18.0 Å². The standard InChI is InChI=1S/C5H8F3NO2.2C2H6/c1-3(11)9-4(2-10)5(6,7)8;2*1-2/h4,10H,2H2,1H3,(H,9,11);2*1-2H3/t4-;;/m1../s1. The fourth-order valence-electron chi connectivity index (χ4n) is 0.476. The molecule has 0 saturated heterocycles. The zero-order valence-corrected chi connectivity index (χ0v) is 9.77. The first kappa shape index (κ1) is 19.7. The van der Waals surface area contributed by atoms with Crippen molar-refractivity contribution in [2.75, 3.05) is 6.61 Å². The molecule has 0 aromatic rings. The van der Waals surface area contributed by atoms with E-state index < -0.39 is 24.7 Å². The third-order valence-corrected chi connectivity index (χ3v) is 0.955. The van der Waals surface area contributed by atoms with Gasteiger partial charge in [-0.25, -0.2) is 0 Å². The van der Waals surface area contributed by atoms with Crippen LogP contribution in [-0.2, 0) is 4.79 Å². The monoisotopic (exact) mass is 231 g/mol. The largest absolute Gasteiger partial charge is 0.410 e. The summed E-state index contributed by atoms with van der Waals surface area (Å²) in [6.45, 7) is 7.82. The third-order valence-electron chi connectivity index (χ3n) is 0.955. The van der Waals surface area contributed by atoms with Crippen LogP contribution in [0.25, 0.3) is 0 Å². The van der Waals surface area contributed by atoms with Crippen molar-refractivity contribution in [3.8, 4) is 0 Å². The molecule has 94 valence electrons. The van der Waals surface area contributed by atoms with Crippen LogP contribution in [0.4, 0.5) is 13.2 Å². The Balaban J connectivity index is -0.000000318. The summed E-state index contributed by atoms with van der Waals surface area (Å²) < 4.78 is 35.1. The van der Waals surface area contributed by atoms with Crippen LogP contribution < -0.4 is 5.32 Å². The number of carbonyl (C=O) groups is 1. The van der Waals surface area contributed by atoms with E-state index in [4.69, 9.17) is 5.11 Å². The Hall–Kier alpha value is -0.780. The summed E-state index contributed by atoms with van der Waals surface area (Å²) in [5, 5.41) is 9.73. The Labute approximate surface area is 88.7 Å². The molecule has 0 aliphatic heterocycles. The van der Waals surface area contributed by atoms with Gasteiger partial charge >= 0.3 is 6.18 Å². The Morgan fingerprint density at radius 2 is 1.60 bits per heavy atom. The maximum absolute atomic E-state index is 11.7. The number of nitrogens with one attached hydrogen (secondary N) is 1. The van der Waals surface area contributed by atoms with Crippen LogP contribution >= 0.6 is 0 Å². The van der Waals surface area contributed by atoms with E-state index >= 15 is 0 Å². The number of hydrogen-bond donors (Lipinski definition) is 2. The molecule has 1 atom stereocenters. The minimum absolute atomic E-state index is 0.818. The maximum atomic E-state index is 11.7. The lowest BCUT2D eigenvalue weighted by Crippen LogP contribution is -2.46. The summed E-state index contributed by atoms with van der Waals surface area (Å²) in [6.07, 6.45) is -4.58. The predicted octanol–water partition coefficient (Wildman–Crippen LogP) is 2.10. The van der Waals surface area contributed by atoms with Crippen molar-refractivity contribution >= 4 is 5.91 Å². The molecule has 0 rings (SSSR count). The van der Waals surface area contributed by atoms with E-state index in [1.807, 2.05) is 27.7 Å². The molecule has 0 unspecified atom stereocenters. The smallest absolute Gasteiger partial charge is 0.394 e. The topological polar surface area (TPSA) is 49.3 Å². The average molecular weight is 231 g/mol. The second kappa shape index (κ2) is 11.3. The first-order chi connectivity index (χ1) is 6.88. The summed E-state index contributed by atoms with van der Waals surface area (Å²) in [5.74, 6) is -0.818. The molecule has 0 radical (unpaired) electrons. The lowest BCUT2D eigenvalue weighted by Gasteiger charge is -2.17. The summed E-state index contributed by atoms with van der Waals surface area (Å²) in [4.78, 5) is 10.1. The number of rotatable bonds is 2. The second-order valence-corrected chi connectivity index (χ2v) is 1.98. The molecule has 15 heavy (non-hydrogen) atoms. The lowest BCUT2D eigenvalue weighted by atomic mass is 10.3. The van der Waals surface area contributed by atoms with Gasteiger partial charge < -0.3 is 10.4 Å². The van der Waals surface area contributed by atoms with Crippen molar-refractivity contribution in [3.05, 3.63) is 0 Å². The Morgan fingerprint density at radius 1 is 1.27 bits per heavy atom. The molecule has 0 aromatic heterocycles. The summed E-state index contributed by atoms with van der Waals surface area (Å²) in [7, 11) is 0. The lowest BCUT2D eigenvalue weighted by molar-refractivity contribution is -0.168. The van der Waals surface area contributed by atoms with Gasteiger partial charge in [0.25, 0.3) is 0 Å². The molecule has 0 aromatic carbocycles. The SMILES string of the molecule is CC.CC.CC(=O)N[C@H](CO)C(F)(F)F. The van der Waals surface area contributed by atoms with Crippen LogP contribution in [0, 0.1) is 0 Å². The molecule has 0 fully saturated rings. The maximum Gasteiger partial charge on any atom is 0.410 e. The van der Waals surface area contributed by atoms with Crippen molar-refractivity contribution in [1.29, 1.82) is 0 Å². The molecule has 0 spiro atoms. The van der Waals surface area contributed by atoms with Crippen molar-refractivity contribution in [1.82, 2.24) is 5.32 Å². The first-order valence-electron chi connectivity index (χ1n) is 4.82. The van der Waals surface area contributed by atoms with Crippen molar-refractivity contribution in [2.24, 2.45) is 0 Å². The molecular formula is C9H20F3NO2. The first-order valence-corrected chi connectivity index (χ1v) is 4.82. The zero-order chi connectivity index (χ0) is 13.1. The third kappa shape index (κ3) is 13.2. The number of aliphatic hydroxyl groups is 1. The van der Waals surface area contributed by atoms with Gasteiger partial charge in [0.15, 0.2) is 0 Å². The van der Waals surface area contributed by atoms with Crippen LogP contribution in [-0.4, -0.2) is 29.8 Å². The quantitative estimate of drug-likeness (QED) is 0.764. The minimum Gasteiger partial charge on any atom is -0.394 e. The fraction of sp³-hybridized carbons (Fsp3) is 0.889. The van der Waals surface area contributed by atoms with Crippen LogP contribution in [0.2, 0.25) is 0 Å². The molecule has 0 bridgehead atoms. The number of alkyl halides is 3. The predicted molar refractivity (Wildman–Crippen MR) is 53.4 cm³/mol. The Bertz CT molecular complexity index is 149. The van der Waals surface area contributed by atoms with Gasteiger partial charge in [0.05, 0.1) is 6.61 Å². The molecule has 6 heteroatoms. The van der Waals surface area contributed by atoms with Gasteiger partial charge in [0, 0.05) is 6.92 Å². The molecule has 2 N–H and O–H groups in total. The van der Waals surface area contributed by atoms with E-state index in [1.54, 1.807) is 5.32 Å². The molecule has 0 saturated carbocycles. The fourth-order valence-corrected chi connectivity index (χ4v) is 0.476. The highest BCUT2D eigenvalue weighted by molar-refractivity contribution is 5.73. The highest BCUT2D eigenvalue weighted by Crippen LogP contribution is 2.19. The molecule has 0 aliphatic carbocycles. The minimum atomic E-state index is -4.58. The molecule has 1 amide bonds. The van der Waals surface area contributed by atoms with Crippen LogP contribution in [0.15, 0.2) is 0 Å². The zero-order valence-electron chi connectivity index (χ0n) is 9.77. The van der Waals surface area contributed by atoms with E-state index in [0.717, 1.165) is 6.92 Å². The van der Waals surface area contributed by atoms with Gasteiger partial charge in [0.1, 0.15) is 6.04 Å². The molecular weight excluding hydrogens is 211 g/mol. The molecule has 3 nitrogen and oxygen atoms in total. The van der Waals surface area contributed by atoms with Gasteiger partial charge in [-0.15, -0.1) is 0 Å². The van der Waals surface area contributed by atoms with Gasteiger partial charge in [-0.05, 0) is 0 Å². The van der Waals surface area contributed by atoms with Crippen molar-refractivity contribution < 1.29 is 23.1 Å². The van der Waals surface area contributed by atoms with Crippen LogP contribution in [0.3, 0.4) is 0 Å². The van der Waals surface area contributed by atoms with Crippen LogP contribution in [0.1, 0.15) is 34.6 Å². The number of amides is 1. The van der Waals surface area contributed by atoms with Gasteiger partial charge in [-0.1, -0.05) is 27.7 Å². The molecule has 0 aliphatic rings. The van der Waals surface area contributed by atoms with Crippen molar-refractivity contribution in [3.63, 3.8) is 0 Å². The highest BCUT2D eigenvalue weighted by Gasteiger charge is 2.39. The Kier molecular flexibility index (Phi) is 14.9. The highest BCUT2D eigenvalue weighted by atomic mass is 19.4. The molecule has 0 heterocycles. The van der Waals surface area contributed by atoms with Gasteiger partial charge in [-0.3, -0.25) is 4.79 Å². The number of halogens is 3.